The molecule has 67 heavy (non-hydrogen) atoms. The monoisotopic (exact) mass is 884 g/mol. The van der Waals surface area contributed by atoms with E-state index in [2.05, 4.69) is 168 Å². The van der Waals surface area contributed by atoms with Crippen LogP contribution in [0.3, 0.4) is 0 Å². The van der Waals surface area contributed by atoms with Crippen molar-refractivity contribution in [3.63, 3.8) is 0 Å². The van der Waals surface area contributed by atoms with Crippen molar-refractivity contribution < 1.29 is 13.2 Å². The molecule has 332 valence electrons. The van der Waals surface area contributed by atoms with Crippen LogP contribution in [0.2, 0.25) is 0 Å². The molecule has 0 aliphatic rings. The minimum atomic E-state index is -0.250. The van der Waals surface area contributed by atoms with Crippen molar-refractivity contribution in [3.05, 3.63) is 251 Å². The Balaban J connectivity index is 1.16. The molecule has 0 saturated heterocycles. The summed E-state index contributed by atoms with van der Waals surface area (Å²) in [6.07, 6.45) is 0. The molecule has 0 atom stereocenters. The molecule has 0 spiro atoms. The summed E-state index contributed by atoms with van der Waals surface area (Å²) in [7, 11) is 0. The molecule has 0 N–H and O–H groups in total. The molecule has 4 nitrogen and oxygen atoms in total. The van der Waals surface area contributed by atoms with Crippen molar-refractivity contribution in [3.8, 4) is 0 Å². The van der Waals surface area contributed by atoms with Crippen molar-refractivity contribution in [1.29, 1.82) is 0 Å². The van der Waals surface area contributed by atoms with Gasteiger partial charge in [-0.05, 0) is 239 Å². The van der Waals surface area contributed by atoms with E-state index < -0.39 is 0 Å². The molecule has 7 heteroatoms. The Bertz CT molecular complexity index is 2860. The largest absolute Gasteiger partial charge is 0.310 e. The first-order chi connectivity index (χ1) is 32.4. The Morgan fingerprint density at radius 2 is 0.418 bits per heavy atom. The third kappa shape index (κ3) is 9.40. The molecule has 0 aliphatic carbocycles. The van der Waals surface area contributed by atoms with Crippen LogP contribution in [0.25, 0.3) is 0 Å². The molecule has 0 bridgehead atoms. The van der Waals surface area contributed by atoms with Gasteiger partial charge in [0.15, 0.2) is 0 Å². The van der Waals surface area contributed by atoms with Gasteiger partial charge in [0.2, 0.25) is 0 Å². The van der Waals surface area contributed by atoms with E-state index in [1.165, 1.54) is 18.2 Å². The smallest absolute Gasteiger partial charge is 0.126 e. The Hall–Kier alpha value is -8.03. The zero-order chi connectivity index (χ0) is 46.8. The minimum Gasteiger partial charge on any atom is -0.310 e. The number of hydrogen-bond donors (Lipinski definition) is 0. The predicted octanol–water partition coefficient (Wildman–Crippen LogP) is 17.8. The van der Waals surface area contributed by atoms with Gasteiger partial charge in [-0.3, -0.25) is 0 Å². The summed E-state index contributed by atoms with van der Waals surface area (Å²) in [5.74, 6) is -0.749. The Morgan fingerprint density at radius 3 is 0.627 bits per heavy atom. The molecule has 0 aliphatic heterocycles. The van der Waals surface area contributed by atoms with Gasteiger partial charge < -0.3 is 19.6 Å². The summed E-state index contributed by atoms with van der Waals surface area (Å²) in [5.41, 5.74) is 16.0. The molecule has 9 aromatic carbocycles. The Labute approximate surface area is 392 Å². The molecule has 0 saturated carbocycles. The summed E-state index contributed by atoms with van der Waals surface area (Å²) < 4.78 is 43.8. The van der Waals surface area contributed by atoms with Crippen molar-refractivity contribution in [2.45, 2.75) is 41.5 Å². The predicted molar refractivity (Wildman–Crippen MR) is 273 cm³/mol. The first-order valence-corrected chi connectivity index (χ1v) is 22.4. The number of hydrogen-bond acceptors (Lipinski definition) is 4. The lowest BCUT2D eigenvalue weighted by molar-refractivity contribution is 0.618. The molecule has 0 aromatic heterocycles. The summed E-state index contributed by atoms with van der Waals surface area (Å²) in [5, 5.41) is 0. The van der Waals surface area contributed by atoms with E-state index in [0.717, 1.165) is 84.9 Å². The molecule has 9 rings (SSSR count). The lowest BCUT2D eigenvalue weighted by Crippen LogP contribution is -2.14. The number of aryl methyl sites for hydroxylation is 6. The van der Waals surface area contributed by atoms with E-state index in [0.29, 0.717) is 16.7 Å². The number of halogens is 3. The third-order valence-corrected chi connectivity index (χ3v) is 12.1. The maximum Gasteiger partial charge on any atom is 0.126 e. The fraction of sp³-hybridized carbons (Fsp3) is 0.100. The van der Waals surface area contributed by atoms with Crippen LogP contribution in [0.5, 0.6) is 0 Å². The van der Waals surface area contributed by atoms with E-state index >= 15 is 0 Å². The highest BCUT2D eigenvalue weighted by atomic mass is 19.1. The minimum absolute atomic E-state index is 0.250. The van der Waals surface area contributed by atoms with Crippen LogP contribution in [0.1, 0.15) is 33.4 Å². The lowest BCUT2D eigenvalue weighted by atomic mass is 10.1. The first kappa shape index (κ1) is 44.2. The van der Waals surface area contributed by atoms with Gasteiger partial charge in [0.1, 0.15) is 17.5 Å². The summed E-state index contributed by atoms with van der Waals surface area (Å²) in [4.78, 5) is 8.65. The SMILES string of the molecule is Cc1cccc(N(c2ccc(N(c3ccc(N(c4cccc(C)c4)c4ccc(F)c(C)c4)cc3)c3ccc(N(c4cccc(C)c4)c4ccc(F)c(C)c4)cc3)cc2)c2ccc(F)c(C)c2)c1. The van der Waals surface area contributed by atoms with Gasteiger partial charge in [0.25, 0.3) is 0 Å². The molecule has 0 unspecified atom stereocenters. The average molecular weight is 885 g/mol. The second-order valence-corrected chi connectivity index (χ2v) is 17.2. The van der Waals surface area contributed by atoms with Crippen molar-refractivity contribution in [2.24, 2.45) is 0 Å². The normalized spacial score (nSPS) is 11.1. The zero-order valence-corrected chi connectivity index (χ0v) is 38.5. The van der Waals surface area contributed by atoms with Crippen LogP contribution in [-0.4, -0.2) is 0 Å². The van der Waals surface area contributed by atoms with Crippen LogP contribution in [0.4, 0.5) is 81.4 Å². The second kappa shape index (κ2) is 18.8. The lowest BCUT2D eigenvalue weighted by Gasteiger charge is -2.30. The third-order valence-electron chi connectivity index (χ3n) is 12.1. The van der Waals surface area contributed by atoms with Crippen LogP contribution in [0, 0.1) is 59.0 Å². The fourth-order valence-corrected chi connectivity index (χ4v) is 8.65. The van der Waals surface area contributed by atoms with E-state index in [1.54, 1.807) is 20.8 Å². The van der Waals surface area contributed by atoms with Gasteiger partial charge in [-0.1, -0.05) is 36.4 Å². The number of rotatable bonds is 12. The maximum atomic E-state index is 14.6. The Morgan fingerprint density at radius 1 is 0.224 bits per heavy atom. The molecule has 9 aromatic rings. The van der Waals surface area contributed by atoms with Crippen molar-refractivity contribution >= 4 is 68.2 Å². The first-order valence-electron chi connectivity index (χ1n) is 22.4. The van der Waals surface area contributed by atoms with Crippen LogP contribution >= 0.6 is 0 Å². The number of anilines is 12. The average Bonchev–Trinajstić information content (AvgIpc) is 3.32. The zero-order valence-electron chi connectivity index (χ0n) is 38.5. The quantitative estimate of drug-likeness (QED) is 0.121. The highest BCUT2D eigenvalue weighted by Crippen LogP contribution is 2.43. The molecule has 0 fully saturated rings. The van der Waals surface area contributed by atoms with E-state index in [9.17, 15) is 13.2 Å². The topological polar surface area (TPSA) is 13.0 Å². The van der Waals surface area contributed by atoms with E-state index in [-0.39, 0.29) is 17.5 Å². The molecule has 0 heterocycles. The highest BCUT2D eigenvalue weighted by Gasteiger charge is 2.21. The van der Waals surface area contributed by atoms with Crippen molar-refractivity contribution in [1.82, 2.24) is 0 Å². The molecule has 0 radical (unpaired) electrons. The maximum absolute atomic E-state index is 14.6. The summed E-state index contributed by atoms with van der Waals surface area (Å²) in [6.45, 7) is 11.6. The fourth-order valence-electron chi connectivity index (χ4n) is 8.65. The second-order valence-electron chi connectivity index (χ2n) is 17.2. The van der Waals surface area contributed by atoms with Gasteiger partial charge in [-0.25, -0.2) is 13.2 Å². The van der Waals surface area contributed by atoms with Gasteiger partial charge >= 0.3 is 0 Å². The summed E-state index contributed by atoms with van der Waals surface area (Å²) in [6, 6.07) is 65.7. The van der Waals surface area contributed by atoms with Gasteiger partial charge in [0, 0.05) is 68.2 Å². The van der Waals surface area contributed by atoms with Gasteiger partial charge in [-0.15, -0.1) is 0 Å². The van der Waals surface area contributed by atoms with Crippen molar-refractivity contribution in [2.75, 3.05) is 19.6 Å². The number of nitrogens with zero attached hydrogens (tertiary/aromatic N) is 4. The van der Waals surface area contributed by atoms with Gasteiger partial charge in [-0.2, -0.15) is 0 Å². The van der Waals surface area contributed by atoms with E-state index in [4.69, 9.17) is 0 Å². The number of benzene rings is 9. The van der Waals surface area contributed by atoms with Crippen LogP contribution < -0.4 is 19.6 Å². The van der Waals surface area contributed by atoms with E-state index in [1.807, 2.05) is 54.6 Å². The standard InChI is InChI=1S/C60H51F3N4/c1-40-10-7-13-52(34-40)65(55-28-31-58(61)43(4)37-55)49-22-16-46(17-23-49)64(47-18-24-50(25-19-47)66(53-14-8-11-41(2)35-53)56-29-32-59(62)44(5)38-56)48-20-26-51(27-21-48)67(54-15-9-12-42(3)36-54)57-30-33-60(63)45(6)39-57/h7-39H,1-6H3. The molecular formula is C60H51F3N4. The molecular weight excluding hydrogens is 834 g/mol. The van der Waals surface area contributed by atoms with Gasteiger partial charge in [0.05, 0.1) is 0 Å². The summed E-state index contributed by atoms with van der Waals surface area (Å²) >= 11 is 0. The van der Waals surface area contributed by atoms with Crippen LogP contribution in [0.15, 0.2) is 200 Å². The van der Waals surface area contributed by atoms with Crippen LogP contribution in [-0.2, 0) is 0 Å². The Kier molecular flexibility index (Phi) is 12.4. The molecule has 0 amide bonds. The highest BCUT2D eigenvalue weighted by molar-refractivity contribution is 5.85.